The normalized spacial score (nSPS) is 14.1. The van der Waals surface area contributed by atoms with E-state index in [-0.39, 0.29) is 18.1 Å². The average Bonchev–Trinajstić information content (AvgIpc) is 2.28. The van der Waals surface area contributed by atoms with Gasteiger partial charge in [-0.05, 0) is 31.5 Å². The van der Waals surface area contributed by atoms with Gasteiger partial charge >= 0.3 is 5.97 Å². The van der Waals surface area contributed by atoms with E-state index < -0.39 is 0 Å². The van der Waals surface area contributed by atoms with E-state index in [0.29, 0.717) is 6.42 Å². The third-order valence-corrected chi connectivity index (χ3v) is 2.82. The van der Waals surface area contributed by atoms with E-state index in [9.17, 15) is 4.79 Å². The summed E-state index contributed by atoms with van der Waals surface area (Å²) < 4.78 is 4.63. The Hall–Kier alpha value is -1.06. The molecular weight excluding hydrogens is 238 g/mol. The van der Waals surface area contributed by atoms with Gasteiger partial charge in [-0.1, -0.05) is 23.7 Å². The van der Waals surface area contributed by atoms with Gasteiger partial charge in [0.05, 0.1) is 13.5 Å². The van der Waals surface area contributed by atoms with Gasteiger partial charge < -0.3 is 10.1 Å². The largest absolute Gasteiger partial charge is 0.469 e. The Kier molecular flexibility index (Phi) is 5.45. The van der Waals surface area contributed by atoms with Gasteiger partial charge in [0.15, 0.2) is 0 Å². The summed E-state index contributed by atoms with van der Waals surface area (Å²) in [5.41, 5.74) is 1.11. The highest BCUT2D eigenvalue weighted by Gasteiger charge is 2.13. The Morgan fingerprint density at radius 2 is 2.18 bits per heavy atom. The number of rotatable bonds is 5. The first-order chi connectivity index (χ1) is 8.02. The minimum Gasteiger partial charge on any atom is -0.469 e. The molecule has 1 rings (SSSR count). The van der Waals surface area contributed by atoms with Crippen LogP contribution in [-0.4, -0.2) is 19.1 Å². The van der Waals surface area contributed by atoms with Crippen molar-refractivity contribution >= 4 is 17.6 Å². The summed E-state index contributed by atoms with van der Waals surface area (Å²) in [5, 5.41) is 4.05. The summed E-state index contributed by atoms with van der Waals surface area (Å²) in [6.45, 7) is 4.00. The molecular formula is C13H18ClNO2. The maximum absolute atomic E-state index is 11.1. The van der Waals surface area contributed by atoms with Crippen LogP contribution in [0.3, 0.4) is 0 Å². The van der Waals surface area contributed by atoms with E-state index in [0.717, 1.165) is 10.6 Å². The first-order valence-corrected chi connectivity index (χ1v) is 5.99. The Morgan fingerprint density at radius 3 is 2.76 bits per heavy atom. The molecule has 94 valence electrons. The van der Waals surface area contributed by atoms with Crippen LogP contribution in [0.25, 0.3) is 0 Å². The van der Waals surface area contributed by atoms with Crippen LogP contribution in [0, 0.1) is 0 Å². The fraction of sp³-hybridized carbons (Fsp3) is 0.462. The lowest BCUT2D eigenvalue weighted by atomic mass is 10.1. The number of methoxy groups -OCH3 is 1. The van der Waals surface area contributed by atoms with E-state index in [1.165, 1.54) is 7.11 Å². The molecule has 0 saturated heterocycles. The van der Waals surface area contributed by atoms with Gasteiger partial charge in [-0.15, -0.1) is 0 Å². The fourth-order valence-corrected chi connectivity index (χ4v) is 1.89. The molecule has 2 unspecified atom stereocenters. The molecule has 0 aliphatic rings. The second kappa shape index (κ2) is 6.62. The summed E-state index contributed by atoms with van der Waals surface area (Å²) in [6.07, 6.45) is 0.363. The van der Waals surface area contributed by atoms with Crippen LogP contribution in [0.2, 0.25) is 5.02 Å². The monoisotopic (exact) mass is 255 g/mol. The van der Waals surface area contributed by atoms with Crippen LogP contribution in [-0.2, 0) is 9.53 Å². The topological polar surface area (TPSA) is 38.3 Å². The van der Waals surface area contributed by atoms with Crippen molar-refractivity contribution in [2.24, 2.45) is 0 Å². The molecule has 0 amide bonds. The molecule has 1 N–H and O–H groups in total. The standard InChI is InChI=1S/C13H18ClNO2/c1-9(7-13(16)17-3)15-10(2)11-5-4-6-12(14)8-11/h4-6,8-10,15H,7H2,1-3H3. The Labute approximate surface area is 107 Å². The molecule has 4 heteroatoms. The van der Waals surface area contributed by atoms with E-state index in [4.69, 9.17) is 11.6 Å². The zero-order valence-corrected chi connectivity index (χ0v) is 11.1. The molecule has 3 nitrogen and oxygen atoms in total. The minimum absolute atomic E-state index is 0.0661. The van der Waals surface area contributed by atoms with E-state index in [1.807, 2.05) is 38.1 Å². The van der Waals surface area contributed by atoms with E-state index in [1.54, 1.807) is 0 Å². The second-order valence-electron chi connectivity index (χ2n) is 4.12. The van der Waals surface area contributed by atoms with Crippen molar-refractivity contribution < 1.29 is 9.53 Å². The zero-order chi connectivity index (χ0) is 12.8. The Bertz CT molecular complexity index is 381. The van der Waals surface area contributed by atoms with Gasteiger partial charge in [0.1, 0.15) is 0 Å². The van der Waals surface area contributed by atoms with Gasteiger partial charge in [-0.3, -0.25) is 4.79 Å². The molecule has 0 aliphatic carbocycles. The highest BCUT2D eigenvalue weighted by Crippen LogP contribution is 2.18. The number of nitrogens with one attached hydrogen (secondary N) is 1. The number of carbonyl (C=O) groups excluding carboxylic acids is 1. The number of benzene rings is 1. The summed E-state index contributed by atoms with van der Waals surface area (Å²) in [4.78, 5) is 11.1. The summed E-state index contributed by atoms with van der Waals surface area (Å²) in [7, 11) is 1.40. The van der Waals surface area contributed by atoms with Crippen molar-refractivity contribution in [1.82, 2.24) is 5.32 Å². The number of halogens is 1. The Morgan fingerprint density at radius 1 is 1.47 bits per heavy atom. The predicted molar refractivity (Wildman–Crippen MR) is 69.1 cm³/mol. The number of hydrogen-bond acceptors (Lipinski definition) is 3. The quantitative estimate of drug-likeness (QED) is 0.822. The lowest BCUT2D eigenvalue weighted by Crippen LogP contribution is -2.31. The third kappa shape index (κ3) is 4.75. The van der Waals surface area contributed by atoms with Gasteiger partial charge in [-0.2, -0.15) is 0 Å². The van der Waals surface area contributed by atoms with Crippen LogP contribution < -0.4 is 5.32 Å². The molecule has 0 saturated carbocycles. The van der Waals surface area contributed by atoms with Crippen molar-refractivity contribution in [3.63, 3.8) is 0 Å². The number of esters is 1. The smallest absolute Gasteiger partial charge is 0.307 e. The molecule has 1 aromatic carbocycles. The molecule has 0 aromatic heterocycles. The Balaban J connectivity index is 2.54. The van der Waals surface area contributed by atoms with Crippen molar-refractivity contribution in [1.29, 1.82) is 0 Å². The van der Waals surface area contributed by atoms with Crippen molar-refractivity contribution in [2.45, 2.75) is 32.4 Å². The lowest BCUT2D eigenvalue weighted by molar-refractivity contribution is -0.141. The number of carbonyl (C=O) groups is 1. The van der Waals surface area contributed by atoms with Crippen LogP contribution in [0.4, 0.5) is 0 Å². The second-order valence-corrected chi connectivity index (χ2v) is 4.56. The van der Waals surface area contributed by atoms with Crippen LogP contribution in [0.5, 0.6) is 0 Å². The maximum atomic E-state index is 11.1. The molecule has 0 radical (unpaired) electrons. The number of hydrogen-bond donors (Lipinski definition) is 1. The summed E-state index contributed by atoms with van der Waals surface area (Å²) in [5.74, 6) is -0.205. The molecule has 1 aromatic rings. The van der Waals surface area contributed by atoms with E-state index >= 15 is 0 Å². The molecule has 0 aliphatic heterocycles. The van der Waals surface area contributed by atoms with Crippen molar-refractivity contribution in [2.75, 3.05) is 7.11 Å². The van der Waals surface area contributed by atoms with Gasteiger partial charge in [0.2, 0.25) is 0 Å². The van der Waals surface area contributed by atoms with Gasteiger partial charge in [0, 0.05) is 17.1 Å². The van der Waals surface area contributed by atoms with Crippen LogP contribution in [0.15, 0.2) is 24.3 Å². The zero-order valence-electron chi connectivity index (χ0n) is 10.4. The van der Waals surface area contributed by atoms with Crippen LogP contribution >= 0.6 is 11.6 Å². The average molecular weight is 256 g/mol. The van der Waals surface area contributed by atoms with Gasteiger partial charge in [-0.25, -0.2) is 0 Å². The predicted octanol–water partition coefficient (Wildman–Crippen LogP) is 2.94. The number of ether oxygens (including phenoxy) is 1. The molecule has 2 atom stereocenters. The fourth-order valence-electron chi connectivity index (χ4n) is 1.69. The first kappa shape index (κ1) is 14.0. The van der Waals surface area contributed by atoms with Crippen molar-refractivity contribution in [3.8, 4) is 0 Å². The SMILES string of the molecule is COC(=O)CC(C)NC(C)c1cccc(Cl)c1. The molecule has 17 heavy (non-hydrogen) atoms. The maximum Gasteiger partial charge on any atom is 0.307 e. The highest BCUT2D eigenvalue weighted by molar-refractivity contribution is 6.30. The first-order valence-electron chi connectivity index (χ1n) is 5.61. The van der Waals surface area contributed by atoms with E-state index in [2.05, 4.69) is 10.1 Å². The molecule has 0 heterocycles. The van der Waals surface area contributed by atoms with Crippen molar-refractivity contribution in [3.05, 3.63) is 34.9 Å². The molecule has 0 bridgehead atoms. The highest BCUT2D eigenvalue weighted by atomic mass is 35.5. The minimum atomic E-state index is -0.205. The molecule has 0 fully saturated rings. The van der Waals surface area contributed by atoms with Crippen LogP contribution in [0.1, 0.15) is 31.9 Å². The van der Waals surface area contributed by atoms with Gasteiger partial charge in [0.25, 0.3) is 0 Å². The molecule has 0 spiro atoms. The summed E-state index contributed by atoms with van der Waals surface area (Å²) in [6, 6.07) is 7.90. The third-order valence-electron chi connectivity index (χ3n) is 2.58. The summed E-state index contributed by atoms with van der Waals surface area (Å²) >= 11 is 5.93. The lowest BCUT2D eigenvalue weighted by Gasteiger charge is -2.19.